The van der Waals surface area contributed by atoms with Gasteiger partial charge in [-0.25, -0.2) is 14.8 Å². The maximum absolute atomic E-state index is 11.3. The zero-order valence-corrected chi connectivity index (χ0v) is 13.6. The first kappa shape index (κ1) is 15.7. The topological polar surface area (TPSA) is 88.0 Å². The molecule has 0 fully saturated rings. The summed E-state index contributed by atoms with van der Waals surface area (Å²) in [6.45, 7) is 0. The Morgan fingerprint density at radius 3 is 2.46 bits per heavy atom. The van der Waals surface area contributed by atoms with Crippen molar-refractivity contribution < 1.29 is 9.90 Å². The number of rotatable bonds is 4. The highest BCUT2D eigenvalue weighted by molar-refractivity contribution is 5.95. The van der Waals surface area contributed by atoms with Crippen LogP contribution in [-0.2, 0) is 0 Å². The summed E-state index contributed by atoms with van der Waals surface area (Å²) in [5.41, 5.74) is 3.50. The van der Waals surface area contributed by atoms with E-state index in [4.69, 9.17) is 0 Å². The van der Waals surface area contributed by atoms with E-state index in [0.29, 0.717) is 22.7 Å². The van der Waals surface area contributed by atoms with Crippen LogP contribution in [0.4, 0.5) is 11.5 Å². The molecule has 0 aliphatic heterocycles. The van der Waals surface area contributed by atoms with Crippen LogP contribution >= 0.6 is 0 Å². The number of hydrogen-bond acceptors (Lipinski definition) is 5. The Morgan fingerprint density at radius 1 is 0.885 bits per heavy atom. The summed E-state index contributed by atoms with van der Waals surface area (Å²) in [6.07, 6.45) is 1.71. The van der Waals surface area contributed by atoms with Gasteiger partial charge in [-0.1, -0.05) is 42.5 Å². The largest absolute Gasteiger partial charge is 0.478 e. The molecule has 2 heterocycles. The van der Waals surface area contributed by atoms with Crippen molar-refractivity contribution in [1.82, 2.24) is 15.0 Å². The van der Waals surface area contributed by atoms with Crippen molar-refractivity contribution in [3.05, 3.63) is 78.5 Å². The molecule has 2 aromatic heterocycles. The minimum atomic E-state index is -1.000. The third-order valence-corrected chi connectivity index (χ3v) is 3.90. The number of carboxylic acids is 1. The fourth-order valence-electron chi connectivity index (χ4n) is 2.63. The number of hydrogen-bond donors (Lipinski definition) is 2. The van der Waals surface area contributed by atoms with E-state index in [0.717, 1.165) is 11.3 Å². The molecule has 6 nitrogen and oxygen atoms in total. The summed E-state index contributed by atoms with van der Waals surface area (Å²) in [5.74, 6) is -0.495. The summed E-state index contributed by atoms with van der Waals surface area (Å²) in [4.78, 5) is 24.8. The number of anilines is 2. The van der Waals surface area contributed by atoms with E-state index in [-0.39, 0.29) is 5.56 Å². The standard InChI is InChI=1S/C20H14N4O2/c25-20(26)14-8-4-5-9-15(14)22-18-11-10-16-19(24-18)23-17(12-21-16)13-6-2-1-3-7-13/h1-12H,(H,25,26)(H,22,23,24). The van der Waals surface area contributed by atoms with Gasteiger partial charge >= 0.3 is 5.97 Å². The van der Waals surface area contributed by atoms with Gasteiger partial charge in [-0.05, 0) is 24.3 Å². The molecule has 4 rings (SSSR count). The van der Waals surface area contributed by atoms with Crippen LogP contribution in [0.2, 0.25) is 0 Å². The third-order valence-electron chi connectivity index (χ3n) is 3.90. The van der Waals surface area contributed by atoms with E-state index in [1.54, 1.807) is 42.6 Å². The molecule has 0 saturated heterocycles. The van der Waals surface area contributed by atoms with Crippen LogP contribution in [0.15, 0.2) is 72.9 Å². The molecule has 4 aromatic rings. The van der Waals surface area contributed by atoms with E-state index in [1.807, 2.05) is 30.3 Å². The lowest BCUT2D eigenvalue weighted by molar-refractivity contribution is 0.0698. The van der Waals surface area contributed by atoms with Crippen molar-refractivity contribution in [2.75, 3.05) is 5.32 Å². The Labute approximate surface area is 149 Å². The number of carbonyl (C=O) groups is 1. The third kappa shape index (κ3) is 3.08. The summed E-state index contributed by atoms with van der Waals surface area (Å²) in [5, 5.41) is 12.3. The van der Waals surface area contributed by atoms with Gasteiger partial charge in [0.1, 0.15) is 11.3 Å². The van der Waals surface area contributed by atoms with Crippen molar-refractivity contribution in [2.45, 2.75) is 0 Å². The SMILES string of the molecule is O=C(O)c1ccccc1Nc1ccc2ncc(-c3ccccc3)nc2n1. The highest BCUT2D eigenvalue weighted by Crippen LogP contribution is 2.22. The lowest BCUT2D eigenvalue weighted by atomic mass is 10.1. The maximum atomic E-state index is 11.3. The number of carboxylic acid groups (broad SMARTS) is 1. The van der Waals surface area contributed by atoms with Crippen LogP contribution in [-0.4, -0.2) is 26.0 Å². The quantitative estimate of drug-likeness (QED) is 0.580. The van der Waals surface area contributed by atoms with Gasteiger partial charge in [0.15, 0.2) is 5.65 Å². The van der Waals surface area contributed by atoms with Crippen molar-refractivity contribution in [1.29, 1.82) is 0 Å². The summed E-state index contributed by atoms with van der Waals surface area (Å²) in [7, 11) is 0. The predicted octanol–water partition coefficient (Wildman–Crippen LogP) is 4.13. The van der Waals surface area contributed by atoms with E-state index in [1.165, 1.54) is 0 Å². The molecule has 126 valence electrons. The van der Waals surface area contributed by atoms with Gasteiger partial charge < -0.3 is 10.4 Å². The zero-order chi connectivity index (χ0) is 17.9. The molecule has 0 unspecified atom stereocenters. The number of nitrogens with zero attached hydrogens (tertiary/aromatic N) is 3. The number of fused-ring (bicyclic) bond motifs is 1. The molecule has 0 aliphatic rings. The number of benzene rings is 2. The Morgan fingerprint density at radius 2 is 1.65 bits per heavy atom. The Bertz CT molecular complexity index is 1100. The average molecular weight is 342 g/mol. The number of nitrogens with one attached hydrogen (secondary N) is 1. The molecule has 0 radical (unpaired) electrons. The molecule has 0 amide bonds. The highest BCUT2D eigenvalue weighted by atomic mass is 16.4. The van der Waals surface area contributed by atoms with Crippen LogP contribution < -0.4 is 5.32 Å². The van der Waals surface area contributed by atoms with Crippen LogP contribution in [0.1, 0.15) is 10.4 Å². The van der Waals surface area contributed by atoms with Crippen LogP contribution in [0, 0.1) is 0 Å². The number of pyridine rings is 1. The smallest absolute Gasteiger partial charge is 0.337 e. The molecular weight excluding hydrogens is 328 g/mol. The first-order valence-electron chi connectivity index (χ1n) is 7.99. The molecule has 0 bridgehead atoms. The molecule has 0 atom stereocenters. The first-order chi connectivity index (χ1) is 12.7. The van der Waals surface area contributed by atoms with Crippen LogP contribution in [0.25, 0.3) is 22.4 Å². The zero-order valence-electron chi connectivity index (χ0n) is 13.6. The maximum Gasteiger partial charge on any atom is 0.337 e. The second-order valence-electron chi connectivity index (χ2n) is 5.64. The number of aromatic carboxylic acids is 1. The molecule has 2 aromatic carbocycles. The number of para-hydroxylation sites is 1. The molecular formula is C20H14N4O2. The van der Waals surface area contributed by atoms with Gasteiger partial charge in [-0.15, -0.1) is 0 Å². The summed E-state index contributed by atoms with van der Waals surface area (Å²) in [6, 6.07) is 20.0. The van der Waals surface area contributed by atoms with Crippen molar-refractivity contribution >= 4 is 28.6 Å². The second-order valence-corrected chi connectivity index (χ2v) is 5.64. The van der Waals surface area contributed by atoms with Gasteiger partial charge in [0, 0.05) is 5.56 Å². The highest BCUT2D eigenvalue weighted by Gasteiger charge is 2.10. The van der Waals surface area contributed by atoms with Gasteiger partial charge in [-0.3, -0.25) is 4.98 Å². The van der Waals surface area contributed by atoms with E-state index < -0.39 is 5.97 Å². The fraction of sp³-hybridized carbons (Fsp3) is 0. The van der Waals surface area contributed by atoms with Gasteiger partial charge in [0.2, 0.25) is 0 Å². The Kier molecular flexibility index (Phi) is 3.99. The van der Waals surface area contributed by atoms with Crippen LogP contribution in [0.5, 0.6) is 0 Å². The number of aromatic nitrogens is 3. The molecule has 26 heavy (non-hydrogen) atoms. The Balaban J connectivity index is 1.72. The van der Waals surface area contributed by atoms with Crippen LogP contribution in [0.3, 0.4) is 0 Å². The average Bonchev–Trinajstić information content (AvgIpc) is 2.68. The lowest BCUT2D eigenvalue weighted by Crippen LogP contribution is -2.03. The van der Waals surface area contributed by atoms with Crippen molar-refractivity contribution in [3.8, 4) is 11.3 Å². The van der Waals surface area contributed by atoms with Gasteiger partial charge in [0.05, 0.1) is 23.1 Å². The molecule has 2 N–H and O–H groups in total. The Hall–Kier alpha value is -3.80. The van der Waals surface area contributed by atoms with Crippen molar-refractivity contribution in [3.63, 3.8) is 0 Å². The van der Waals surface area contributed by atoms with Crippen molar-refractivity contribution in [2.24, 2.45) is 0 Å². The monoisotopic (exact) mass is 342 g/mol. The lowest BCUT2D eigenvalue weighted by Gasteiger charge is -2.09. The fourth-order valence-corrected chi connectivity index (χ4v) is 2.63. The normalized spacial score (nSPS) is 10.6. The molecule has 0 aliphatic carbocycles. The molecule has 0 spiro atoms. The minimum absolute atomic E-state index is 0.179. The predicted molar refractivity (Wildman–Crippen MR) is 99.5 cm³/mol. The first-order valence-corrected chi connectivity index (χ1v) is 7.99. The molecule has 6 heteroatoms. The second kappa shape index (κ2) is 6.60. The van der Waals surface area contributed by atoms with E-state index >= 15 is 0 Å². The van der Waals surface area contributed by atoms with E-state index in [2.05, 4.69) is 20.3 Å². The van der Waals surface area contributed by atoms with Gasteiger partial charge in [0.25, 0.3) is 0 Å². The van der Waals surface area contributed by atoms with E-state index in [9.17, 15) is 9.90 Å². The summed E-state index contributed by atoms with van der Waals surface area (Å²) >= 11 is 0. The van der Waals surface area contributed by atoms with Gasteiger partial charge in [-0.2, -0.15) is 0 Å². The summed E-state index contributed by atoms with van der Waals surface area (Å²) < 4.78 is 0. The molecule has 0 saturated carbocycles. The minimum Gasteiger partial charge on any atom is -0.478 e.